The molecule has 0 radical (unpaired) electrons. The number of ether oxygens (including phenoxy) is 1. The topological polar surface area (TPSA) is 168 Å². The number of benzene rings is 4. The van der Waals surface area contributed by atoms with Gasteiger partial charge in [0.25, 0.3) is 20.9 Å². The number of anilines is 2. The number of carbonyl (C=O) groups is 1. The van der Waals surface area contributed by atoms with Crippen LogP contribution < -0.4 is 25.4 Å². The number of allylic oxidation sites excluding steroid dienone is 1. The largest absolute Gasteiger partial charge is 0.456 e. The molecule has 2 heterocycles. The van der Waals surface area contributed by atoms with Crippen molar-refractivity contribution in [1.82, 2.24) is 19.9 Å². The highest BCUT2D eigenvalue weighted by Gasteiger charge is 2.32. The Kier molecular flexibility index (Phi) is 13.8. The standard InChI is InChI=1S/C46H52F3N7O6S/c1-45(2)19-17-32(38(29-45)31-9-11-33(12-10-31)46(47,48)49)30-50-22-23-51-34-13-15-37(43(27-34)62-42-8-5-7-39-36(42)18-21-53-39)44(57)54-63(60,61)35-14-16-40(41(28-35)56(58)59)52-20-6-26-55-24-3-4-25-55/h5,7-16,18,21,27-28,50,52-53H,3-4,6,17,19-20,22-26,29-30H2,1-2H3,(H2-,51,54,57,58,59)/p+1. The zero-order valence-electron chi connectivity index (χ0n) is 35.3. The molecule has 1 aliphatic carbocycles. The van der Waals surface area contributed by atoms with Crippen LogP contribution in [0.15, 0.2) is 102 Å². The number of H-pyrrole nitrogens is 1. The number of hydrogen-bond acceptors (Lipinski definition) is 9. The van der Waals surface area contributed by atoms with Gasteiger partial charge < -0.3 is 30.6 Å². The predicted octanol–water partition coefficient (Wildman–Crippen LogP) is 9.46. The number of hydrogen-bond donors (Lipinski definition) is 6. The highest BCUT2D eigenvalue weighted by Crippen LogP contribution is 2.43. The normalized spacial score (nSPS) is 15.7. The second-order valence-electron chi connectivity index (χ2n) is 16.8. The molecule has 1 fully saturated rings. The number of fused-ring (bicyclic) bond motifs is 1. The molecule has 6 N–H and O–H groups in total. The van der Waals surface area contributed by atoms with Crippen LogP contribution in [0.25, 0.3) is 16.5 Å². The summed E-state index contributed by atoms with van der Waals surface area (Å²) in [5, 5.41) is 20.5. The molecule has 1 aromatic heterocycles. The number of aromatic amines is 1. The minimum atomic E-state index is -4.55. The monoisotopic (exact) mass is 888 g/mol. The third kappa shape index (κ3) is 11.4. The smallest absolute Gasteiger partial charge is 0.416 e. The van der Waals surface area contributed by atoms with Crippen LogP contribution >= 0.6 is 0 Å². The third-order valence-corrected chi connectivity index (χ3v) is 12.9. The van der Waals surface area contributed by atoms with Crippen molar-refractivity contribution in [2.45, 2.75) is 63.4 Å². The number of sulfonamides is 1. The van der Waals surface area contributed by atoms with Crippen molar-refractivity contribution < 1.29 is 41.3 Å². The first kappa shape index (κ1) is 45.1. The molecule has 1 aliphatic heterocycles. The van der Waals surface area contributed by atoms with Gasteiger partial charge in [0.1, 0.15) is 17.2 Å². The lowest BCUT2D eigenvalue weighted by molar-refractivity contribution is -0.729. The number of nitrogens with zero attached hydrogens (tertiary/aromatic N) is 2. The number of halogens is 3. The Labute approximate surface area is 364 Å². The van der Waals surface area contributed by atoms with Gasteiger partial charge in [0, 0.05) is 61.1 Å². The first-order valence-electron chi connectivity index (χ1n) is 21.1. The van der Waals surface area contributed by atoms with E-state index in [2.05, 4.69) is 44.4 Å². The fourth-order valence-corrected chi connectivity index (χ4v) is 9.14. The predicted molar refractivity (Wildman–Crippen MR) is 237 cm³/mol. The minimum Gasteiger partial charge on any atom is -0.456 e. The van der Waals surface area contributed by atoms with E-state index in [-0.39, 0.29) is 28.1 Å². The summed E-state index contributed by atoms with van der Waals surface area (Å²) in [6, 6.07) is 20.9. The molecule has 13 nitrogen and oxygen atoms in total. The van der Waals surface area contributed by atoms with E-state index >= 15 is 0 Å². The minimum absolute atomic E-state index is 0.0151. The van der Waals surface area contributed by atoms with Gasteiger partial charge in [-0.2, -0.15) is 13.2 Å². The molecule has 4 aromatic carbocycles. The van der Waals surface area contributed by atoms with Crippen molar-refractivity contribution in [3.05, 3.63) is 118 Å². The van der Waals surface area contributed by atoms with E-state index in [1.54, 1.807) is 42.6 Å². The van der Waals surface area contributed by atoms with E-state index in [0.717, 1.165) is 91.1 Å². The Bertz CT molecular complexity index is 2590. The van der Waals surface area contributed by atoms with Crippen molar-refractivity contribution in [3.8, 4) is 11.5 Å². The molecule has 0 atom stereocenters. The molecule has 0 saturated carbocycles. The zero-order chi connectivity index (χ0) is 44.8. The van der Waals surface area contributed by atoms with E-state index < -0.39 is 37.5 Å². The maximum atomic E-state index is 13.8. The molecule has 1 amide bonds. The Morgan fingerprint density at radius 2 is 1.71 bits per heavy atom. The second kappa shape index (κ2) is 19.2. The summed E-state index contributed by atoms with van der Waals surface area (Å²) in [5.74, 6) is -0.495. The molecule has 5 aromatic rings. The number of carbonyl (C=O) groups excluding carboxylic acids is 1. The van der Waals surface area contributed by atoms with Gasteiger partial charge in [0.2, 0.25) is 0 Å². The highest BCUT2D eigenvalue weighted by molar-refractivity contribution is 7.90. The summed E-state index contributed by atoms with van der Waals surface area (Å²) < 4.78 is 75.5. The molecule has 17 heteroatoms. The first-order valence-corrected chi connectivity index (χ1v) is 22.6. The second-order valence-corrected chi connectivity index (χ2v) is 18.5. The van der Waals surface area contributed by atoms with Crippen LogP contribution in [0, 0.1) is 10.3 Å². The van der Waals surface area contributed by atoms with Gasteiger partial charge in [0.15, 0.2) is 0 Å². The quantitative estimate of drug-likeness (QED) is 0.0369. The van der Waals surface area contributed by atoms with Gasteiger partial charge in [-0.25, -0.2) is 18.3 Å². The fraction of sp³-hybridized carbons (Fsp3) is 0.370. The molecule has 0 unspecified atom stereocenters. The average molecular weight is 889 g/mol. The van der Waals surface area contributed by atoms with Crippen LogP contribution in [-0.2, 0) is 16.2 Å². The van der Waals surface area contributed by atoms with E-state index in [1.165, 1.54) is 31.0 Å². The summed E-state index contributed by atoms with van der Waals surface area (Å²) in [6.07, 6.45) is 2.99. The lowest BCUT2D eigenvalue weighted by Gasteiger charge is -2.34. The Morgan fingerprint density at radius 3 is 2.46 bits per heavy atom. The molecule has 1 saturated heterocycles. The molecular formula is C46H53F3N7O6S+. The van der Waals surface area contributed by atoms with Crippen LogP contribution in [0.4, 0.5) is 30.2 Å². The van der Waals surface area contributed by atoms with E-state index in [1.807, 2.05) is 12.1 Å². The third-order valence-electron chi connectivity index (χ3n) is 11.6. The molecule has 63 heavy (non-hydrogen) atoms. The molecule has 0 bridgehead atoms. The van der Waals surface area contributed by atoms with E-state index in [9.17, 15) is 36.5 Å². The molecule has 2 aliphatic rings. The van der Waals surface area contributed by atoms with Gasteiger partial charge in [-0.15, -0.1) is 0 Å². The number of aromatic nitrogens is 1. The van der Waals surface area contributed by atoms with Crippen LogP contribution in [0.2, 0.25) is 0 Å². The first-order chi connectivity index (χ1) is 30.1. The summed E-state index contributed by atoms with van der Waals surface area (Å²) in [4.78, 5) is 30.6. The summed E-state index contributed by atoms with van der Waals surface area (Å²) >= 11 is 0. The lowest BCUT2D eigenvalue weighted by Crippen LogP contribution is -2.31. The van der Waals surface area contributed by atoms with Crippen molar-refractivity contribution in [1.29, 1.82) is 0 Å². The van der Waals surface area contributed by atoms with Crippen LogP contribution in [0.3, 0.4) is 0 Å². The van der Waals surface area contributed by atoms with Gasteiger partial charge >= 0.3 is 11.9 Å². The lowest BCUT2D eigenvalue weighted by atomic mass is 9.72. The summed E-state index contributed by atoms with van der Waals surface area (Å²) in [5.41, 5.74) is 3.56. The SMILES string of the molecule is CC1(C)CCC(CNCCNc2ccc(C(=O)NS(=O)(=O)c3ccc(NCCCN4CCCC4)c([N+](=O)O)c3)c(Oc3cccc4[nH]ccc34)c2)=C(c2ccc(C(F)(F)F)cc2)C1. The zero-order valence-corrected chi connectivity index (χ0v) is 36.1. The number of rotatable bonds is 18. The fourth-order valence-electron chi connectivity index (χ4n) is 8.15. The van der Waals surface area contributed by atoms with Gasteiger partial charge in [-0.1, -0.05) is 37.6 Å². The van der Waals surface area contributed by atoms with Crippen molar-refractivity contribution >= 4 is 49.5 Å². The van der Waals surface area contributed by atoms with Crippen LogP contribution in [0.5, 0.6) is 11.5 Å². The molecule has 7 rings (SSSR count). The molecule has 334 valence electrons. The van der Waals surface area contributed by atoms with Crippen molar-refractivity contribution in [3.63, 3.8) is 0 Å². The average Bonchev–Trinajstić information content (AvgIpc) is 3.96. The van der Waals surface area contributed by atoms with Gasteiger partial charge in [-0.05, 0) is 129 Å². The van der Waals surface area contributed by atoms with Gasteiger partial charge in [-0.3, -0.25) is 4.79 Å². The Balaban J connectivity index is 1.04. The van der Waals surface area contributed by atoms with Crippen LogP contribution in [-0.4, -0.2) is 80.2 Å². The highest BCUT2D eigenvalue weighted by atomic mass is 32.2. The van der Waals surface area contributed by atoms with Crippen molar-refractivity contribution in [2.24, 2.45) is 5.41 Å². The molecule has 0 spiro atoms. The number of alkyl halides is 3. The number of amides is 1. The maximum absolute atomic E-state index is 13.8. The maximum Gasteiger partial charge on any atom is 0.416 e. The van der Waals surface area contributed by atoms with E-state index in [0.29, 0.717) is 37.6 Å². The Morgan fingerprint density at radius 1 is 0.937 bits per heavy atom. The number of nitrogens with one attached hydrogen (secondary N) is 5. The van der Waals surface area contributed by atoms with Crippen LogP contribution in [0.1, 0.15) is 73.9 Å². The summed E-state index contributed by atoms with van der Waals surface area (Å²) in [6.45, 7) is 9.33. The van der Waals surface area contributed by atoms with E-state index in [4.69, 9.17) is 4.74 Å². The number of likely N-dealkylation sites (tertiary alicyclic amines) is 1. The Hall–Kier alpha value is -5.91. The van der Waals surface area contributed by atoms with Gasteiger partial charge in [0.05, 0.1) is 20.9 Å². The summed E-state index contributed by atoms with van der Waals surface area (Å²) in [7, 11) is -4.55. The van der Waals surface area contributed by atoms with Crippen molar-refractivity contribution in [2.75, 3.05) is 56.4 Å². The molecular weight excluding hydrogens is 836 g/mol.